The Kier molecular flexibility index (Phi) is 4.22. The summed E-state index contributed by atoms with van der Waals surface area (Å²) in [6, 6.07) is 5.46. The summed E-state index contributed by atoms with van der Waals surface area (Å²) < 4.78 is 13.2. The molecule has 7 nitrogen and oxygen atoms in total. The zero-order valence-electron chi connectivity index (χ0n) is 15.3. The molecule has 0 bridgehead atoms. The molecular weight excluding hydrogens is 348 g/mol. The summed E-state index contributed by atoms with van der Waals surface area (Å²) in [5, 5.41) is 0.939. The highest BCUT2D eigenvalue weighted by Gasteiger charge is 2.17. The standard InChI is InChI=1S/C20H20N2O5/c1-21-15(9-18(23)22(2)20(21)25)11-27-19(24)8-14-10-26-17-7-13-5-3-4-12(13)6-16(14)17/h6-7,9-10H,3-5,8,11H2,1-2H3. The van der Waals surface area contributed by atoms with E-state index < -0.39 is 17.2 Å². The molecule has 27 heavy (non-hydrogen) atoms. The smallest absolute Gasteiger partial charge is 0.330 e. The van der Waals surface area contributed by atoms with Gasteiger partial charge in [-0.25, -0.2) is 4.79 Å². The number of rotatable bonds is 4. The fourth-order valence-electron chi connectivity index (χ4n) is 3.56. The molecule has 7 heteroatoms. The first-order valence-corrected chi connectivity index (χ1v) is 8.87. The minimum atomic E-state index is -0.455. The van der Waals surface area contributed by atoms with Crippen molar-refractivity contribution < 1.29 is 13.9 Å². The SMILES string of the molecule is Cn1c(COC(=O)Cc2coc3cc4c(cc23)CCC4)cc(=O)n(C)c1=O. The molecule has 0 spiro atoms. The van der Waals surface area contributed by atoms with Crippen molar-refractivity contribution in [2.24, 2.45) is 14.1 Å². The van der Waals surface area contributed by atoms with Crippen LogP contribution >= 0.6 is 0 Å². The zero-order valence-corrected chi connectivity index (χ0v) is 15.3. The first-order chi connectivity index (χ1) is 12.9. The van der Waals surface area contributed by atoms with Crippen molar-refractivity contribution in [1.82, 2.24) is 9.13 Å². The average Bonchev–Trinajstić information content (AvgIpc) is 3.26. The van der Waals surface area contributed by atoms with Gasteiger partial charge in [0, 0.05) is 31.1 Å². The van der Waals surface area contributed by atoms with E-state index in [9.17, 15) is 14.4 Å². The van der Waals surface area contributed by atoms with Crippen molar-refractivity contribution in [3.63, 3.8) is 0 Å². The average molecular weight is 368 g/mol. The fraction of sp³-hybridized carbons (Fsp3) is 0.350. The topological polar surface area (TPSA) is 83.4 Å². The van der Waals surface area contributed by atoms with Crippen LogP contribution in [0.2, 0.25) is 0 Å². The summed E-state index contributed by atoms with van der Waals surface area (Å²) in [4.78, 5) is 35.9. The summed E-state index contributed by atoms with van der Waals surface area (Å²) >= 11 is 0. The van der Waals surface area contributed by atoms with Gasteiger partial charge in [-0.3, -0.25) is 18.7 Å². The first kappa shape index (κ1) is 17.3. The van der Waals surface area contributed by atoms with Crippen molar-refractivity contribution in [1.29, 1.82) is 0 Å². The van der Waals surface area contributed by atoms with E-state index in [2.05, 4.69) is 12.1 Å². The quantitative estimate of drug-likeness (QED) is 0.653. The number of aromatic nitrogens is 2. The van der Waals surface area contributed by atoms with Gasteiger partial charge in [0.25, 0.3) is 5.56 Å². The maximum atomic E-state index is 12.3. The minimum Gasteiger partial charge on any atom is -0.464 e. The second kappa shape index (κ2) is 6.57. The number of furan rings is 1. The molecule has 1 aromatic carbocycles. The number of fused-ring (bicyclic) bond motifs is 2. The van der Waals surface area contributed by atoms with E-state index in [1.165, 1.54) is 35.9 Å². The number of ether oxygens (including phenoxy) is 1. The summed E-state index contributed by atoms with van der Waals surface area (Å²) in [6.07, 6.45) is 4.93. The highest BCUT2D eigenvalue weighted by molar-refractivity contribution is 5.87. The van der Waals surface area contributed by atoms with E-state index in [0.717, 1.165) is 40.4 Å². The van der Waals surface area contributed by atoms with Gasteiger partial charge in [0.05, 0.1) is 18.4 Å². The number of nitrogens with zero attached hydrogens (tertiary/aromatic N) is 2. The number of aryl methyl sites for hydroxylation is 2. The highest BCUT2D eigenvalue weighted by atomic mass is 16.5. The third kappa shape index (κ3) is 3.09. The lowest BCUT2D eigenvalue weighted by Gasteiger charge is -2.10. The van der Waals surface area contributed by atoms with Crippen molar-refractivity contribution in [3.8, 4) is 0 Å². The lowest BCUT2D eigenvalue weighted by Crippen LogP contribution is -2.38. The molecule has 0 saturated heterocycles. The molecule has 4 rings (SSSR count). The number of hydrogen-bond acceptors (Lipinski definition) is 5. The molecular formula is C20H20N2O5. The summed E-state index contributed by atoms with van der Waals surface area (Å²) in [7, 11) is 2.94. The van der Waals surface area contributed by atoms with E-state index in [-0.39, 0.29) is 13.0 Å². The molecule has 0 atom stereocenters. The van der Waals surface area contributed by atoms with Crippen LogP contribution in [0, 0.1) is 0 Å². The Morgan fingerprint density at radius 3 is 2.63 bits per heavy atom. The molecule has 1 aliphatic rings. The Morgan fingerprint density at radius 1 is 1.11 bits per heavy atom. The lowest BCUT2D eigenvalue weighted by molar-refractivity contribution is -0.144. The second-order valence-electron chi connectivity index (χ2n) is 6.94. The van der Waals surface area contributed by atoms with E-state index in [0.29, 0.717) is 5.69 Å². The summed E-state index contributed by atoms with van der Waals surface area (Å²) in [5.41, 5.74) is 3.66. The minimum absolute atomic E-state index is 0.0740. The highest BCUT2D eigenvalue weighted by Crippen LogP contribution is 2.30. The van der Waals surface area contributed by atoms with Crippen LogP contribution in [0.4, 0.5) is 0 Å². The van der Waals surface area contributed by atoms with Gasteiger partial charge in [-0.15, -0.1) is 0 Å². The van der Waals surface area contributed by atoms with Crippen molar-refractivity contribution in [2.45, 2.75) is 32.3 Å². The predicted molar refractivity (Wildman–Crippen MR) is 98.7 cm³/mol. The largest absolute Gasteiger partial charge is 0.464 e. The van der Waals surface area contributed by atoms with Gasteiger partial charge in [-0.05, 0) is 42.5 Å². The maximum Gasteiger partial charge on any atom is 0.330 e. The van der Waals surface area contributed by atoms with Gasteiger partial charge >= 0.3 is 11.7 Å². The van der Waals surface area contributed by atoms with E-state index in [1.54, 1.807) is 6.26 Å². The van der Waals surface area contributed by atoms with E-state index >= 15 is 0 Å². The van der Waals surface area contributed by atoms with Gasteiger partial charge in [-0.1, -0.05) is 0 Å². The summed E-state index contributed by atoms with van der Waals surface area (Å²) in [5.74, 6) is -0.439. The van der Waals surface area contributed by atoms with Gasteiger partial charge in [0.1, 0.15) is 12.2 Å². The summed E-state index contributed by atoms with van der Waals surface area (Å²) in [6.45, 7) is -0.133. The zero-order chi connectivity index (χ0) is 19.1. The fourth-order valence-corrected chi connectivity index (χ4v) is 3.56. The molecule has 0 aliphatic heterocycles. The van der Waals surface area contributed by atoms with Crippen molar-refractivity contribution in [3.05, 3.63) is 67.7 Å². The molecule has 2 aromatic heterocycles. The molecule has 0 N–H and O–H groups in total. The van der Waals surface area contributed by atoms with Crippen molar-refractivity contribution in [2.75, 3.05) is 0 Å². The number of carbonyl (C=O) groups excluding carboxylic acids is 1. The van der Waals surface area contributed by atoms with Crippen LogP contribution in [-0.2, 0) is 49.5 Å². The Hall–Kier alpha value is -3.09. The molecule has 140 valence electrons. The Morgan fingerprint density at radius 2 is 1.85 bits per heavy atom. The van der Waals surface area contributed by atoms with E-state index in [4.69, 9.17) is 9.15 Å². The van der Waals surface area contributed by atoms with Gasteiger partial charge in [0.2, 0.25) is 0 Å². The Labute approximate surface area is 154 Å². The number of hydrogen-bond donors (Lipinski definition) is 0. The Bertz CT molecular complexity index is 1170. The normalized spacial score (nSPS) is 13.1. The Balaban J connectivity index is 1.50. The van der Waals surface area contributed by atoms with Crippen LogP contribution in [0.1, 0.15) is 28.8 Å². The van der Waals surface area contributed by atoms with E-state index in [1.807, 2.05) is 0 Å². The molecule has 3 aromatic rings. The molecule has 1 aliphatic carbocycles. The third-order valence-corrected chi connectivity index (χ3v) is 5.21. The van der Waals surface area contributed by atoms with Gasteiger partial charge < -0.3 is 9.15 Å². The van der Waals surface area contributed by atoms with Crippen LogP contribution < -0.4 is 11.2 Å². The number of esters is 1. The van der Waals surface area contributed by atoms with Crippen LogP contribution in [0.15, 0.2) is 38.5 Å². The number of carbonyl (C=O) groups is 1. The monoisotopic (exact) mass is 368 g/mol. The van der Waals surface area contributed by atoms with Crippen LogP contribution in [0.25, 0.3) is 11.0 Å². The predicted octanol–water partition coefficient (Wildman–Crippen LogP) is 1.60. The maximum absolute atomic E-state index is 12.3. The van der Waals surface area contributed by atoms with Crippen LogP contribution in [0.3, 0.4) is 0 Å². The molecule has 2 heterocycles. The molecule has 0 unspecified atom stereocenters. The molecule has 0 amide bonds. The molecule has 0 radical (unpaired) electrons. The molecule has 0 fully saturated rings. The van der Waals surface area contributed by atoms with Gasteiger partial charge in [0.15, 0.2) is 0 Å². The number of benzene rings is 1. The third-order valence-electron chi connectivity index (χ3n) is 5.21. The first-order valence-electron chi connectivity index (χ1n) is 8.87. The van der Waals surface area contributed by atoms with Crippen LogP contribution in [0.5, 0.6) is 0 Å². The molecule has 0 saturated carbocycles. The lowest BCUT2D eigenvalue weighted by atomic mass is 10.0. The van der Waals surface area contributed by atoms with Crippen LogP contribution in [-0.4, -0.2) is 15.1 Å². The second-order valence-corrected chi connectivity index (χ2v) is 6.94. The van der Waals surface area contributed by atoms with Gasteiger partial charge in [-0.2, -0.15) is 0 Å². The van der Waals surface area contributed by atoms with Crippen molar-refractivity contribution >= 4 is 16.9 Å².